The Hall–Kier alpha value is -5.09. The fraction of sp³-hybridized carbons (Fsp3) is 0. The van der Waals surface area contributed by atoms with Gasteiger partial charge in [0.2, 0.25) is 5.69 Å². The third-order valence-electron chi connectivity index (χ3n) is 3.94. The third kappa shape index (κ3) is 3.06. The quantitative estimate of drug-likeness (QED) is 0.415. The maximum Gasteiger partial charge on any atom is 0.348 e. The van der Waals surface area contributed by atoms with Crippen molar-refractivity contribution in [1.82, 2.24) is 9.55 Å². The lowest BCUT2D eigenvalue weighted by Crippen LogP contribution is -2.06. The Morgan fingerprint density at radius 2 is 1.10 bits per heavy atom. The Balaban J connectivity index is 2.46. The van der Waals surface area contributed by atoms with E-state index in [0.717, 1.165) is 17.0 Å². The van der Waals surface area contributed by atoms with Gasteiger partial charge in [0.25, 0.3) is 5.69 Å². The molecule has 0 saturated carbocycles. The predicted octanol–water partition coefficient (Wildman–Crippen LogP) is 2.57. The molecule has 3 rings (SSSR count). The van der Waals surface area contributed by atoms with Crippen molar-refractivity contribution in [2.24, 2.45) is 0 Å². The van der Waals surface area contributed by atoms with Crippen molar-refractivity contribution in [3.8, 4) is 5.69 Å². The molecule has 0 saturated heterocycles. The van der Waals surface area contributed by atoms with E-state index >= 15 is 0 Å². The molecular weight excluding hydrogens is 414 g/mol. The first-order valence-electron chi connectivity index (χ1n) is 7.44. The average molecular weight is 419 g/mol. The van der Waals surface area contributed by atoms with E-state index in [-0.39, 0.29) is 11.0 Å². The molecule has 17 heteroatoms. The minimum Gasteiger partial charge on any atom is -0.287 e. The van der Waals surface area contributed by atoms with Crippen LogP contribution in [-0.4, -0.2) is 34.2 Å². The van der Waals surface area contributed by atoms with E-state index in [1.165, 1.54) is 0 Å². The van der Waals surface area contributed by atoms with Crippen LogP contribution >= 0.6 is 0 Å². The minimum absolute atomic E-state index is 0.228. The molecule has 0 aliphatic heterocycles. The normalized spacial score (nSPS) is 10.7. The van der Waals surface area contributed by atoms with Gasteiger partial charge in [0, 0.05) is 6.07 Å². The molecule has 2 aromatic carbocycles. The van der Waals surface area contributed by atoms with Gasteiger partial charge in [-0.15, -0.1) is 0 Å². The van der Waals surface area contributed by atoms with E-state index in [1.807, 2.05) is 0 Å². The zero-order valence-corrected chi connectivity index (χ0v) is 14.1. The molecule has 1 heterocycles. The molecule has 0 atom stereocenters. The van der Waals surface area contributed by atoms with Crippen molar-refractivity contribution in [2.75, 3.05) is 0 Å². The highest BCUT2D eigenvalue weighted by molar-refractivity contribution is 5.86. The van der Waals surface area contributed by atoms with Crippen LogP contribution < -0.4 is 0 Å². The van der Waals surface area contributed by atoms with E-state index in [4.69, 9.17) is 0 Å². The van der Waals surface area contributed by atoms with Crippen LogP contribution in [-0.2, 0) is 0 Å². The van der Waals surface area contributed by atoms with Crippen LogP contribution in [0.25, 0.3) is 16.7 Å². The van der Waals surface area contributed by atoms with Gasteiger partial charge >= 0.3 is 22.7 Å². The Bertz CT molecular complexity index is 1260. The fourth-order valence-electron chi connectivity index (χ4n) is 2.72. The summed E-state index contributed by atoms with van der Waals surface area (Å²) >= 11 is 0. The number of hydrogen-bond acceptors (Lipinski definition) is 11. The summed E-state index contributed by atoms with van der Waals surface area (Å²) in [5.74, 6) is 0. The van der Waals surface area contributed by atoms with E-state index in [9.17, 15) is 50.6 Å². The number of fused-ring (bicyclic) bond motifs is 1. The Morgan fingerprint density at radius 1 is 0.633 bits per heavy atom. The van der Waals surface area contributed by atoms with Crippen molar-refractivity contribution in [1.29, 1.82) is 0 Å². The van der Waals surface area contributed by atoms with Gasteiger partial charge in [0.1, 0.15) is 6.33 Å². The van der Waals surface area contributed by atoms with Crippen molar-refractivity contribution in [2.45, 2.75) is 0 Å². The summed E-state index contributed by atoms with van der Waals surface area (Å²) in [4.78, 5) is 54.5. The predicted molar refractivity (Wildman–Crippen MR) is 94.3 cm³/mol. The molecule has 0 unspecified atom stereocenters. The molecule has 0 bridgehead atoms. The molecule has 17 nitrogen and oxygen atoms in total. The number of nitro benzene ring substituents is 5. The lowest BCUT2D eigenvalue weighted by atomic mass is 10.2. The monoisotopic (exact) mass is 419 g/mol. The van der Waals surface area contributed by atoms with Crippen molar-refractivity contribution in [3.05, 3.63) is 81.2 Å². The molecule has 0 fully saturated rings. The largest absolute Gasteiger partial charge is 0.348 e. The lowest BCUT2D eigenvalue weighted by Gasteiger charge is -2.07. The van der Waals surface area contributed by atoms with Crippen LogP contribution in [0.2, 0.25) is 0 Å². The van der Waals surface area contributed by atoms with Gasteiger partial charge in [0.15, 0.2) is 0 Å². The molecule has 0 radical (unpaired) electrons. The summed E-state index contributed by atoms with van der Waals surface area (Å²) in [7, 11) is 0. The zero-order valence-electron chi connectivity index (χ0n) is 14.1. The fourth-order valence-corrected chi connectivity index (χ4v) is 2.72. The third-order valence-corrected chi connectivity index (χ3v) is 3.94. The Morgan fingerprint density at radius 3 is 1.53 bits per heavy atom. The number of nitrogens with zero attached hydrogens (tertiary/aromatic N) is 7. The Labute approximate surface area is 161 Å². The molecule has 30 heavy (non-hydrogen) atoms. The van der Waals surface area contributed by atoms with Crippen LogP contribution in [0.4, 0.5) is 28.4 Å². The highest BCUT2D eigenvalue weighted by Crippen LogP contribution is 2.39. The highest BCUT2D eigenvalue weighted by atomic mass is 16.6. The van der Waals surface area contributed by atoms with Crippen LogP contribution in [0.1, 0.15) is 0 Å². The second-order valence-electron chi connectivity index (χ2n) is 5.56. The summed E-state index contributed by atoms with van der Waals surface area (Å²) in [6.45, 7) is 0. The molecule has 152 valence electrons. The van der Waals surface area contributed by atoms with Gasteiger partial charge in [0.05, 0.1) is 53.8 Å². The second kappa shape index (κ2) is 6.82. The number of hydrogen-bond donors (Lipinski definition) is 0. The van der Waals surface area contributed by atoms with Gasteiger partial charge < -0.3 is 0 Å². The maximum atomic E-state index is 11.5. The summed E-state index contributed by atoms with van der Waals surface area (Å²) in [5, 5.41) is 56.1. The first-order chi connectivity index (χ1) is 14.0. The molecular formula is C13H5N7O10. The van der Waals surface area contributed by atoms with Crippen molar-refractivity contribution >= 4 is 39.5 Å². The number of non-ortho nitro benzene ring substituents is 1. The van der Waals surface area contributed by atoms with Gasteiger partial charge in [-0.05, 0) is 0 Å². The van der Waals surface area contributed by atoms with Gasteiger partial charge in [-0.25, -0.2) is 4.98 Å². The number of benzene rings is 2. The van der Waals surface area contributed by atoms with Gasteiger partial charge in [-0.1, -0.05) is 0 Å². The van der Waals surface area contributed by atoms with Crippen LogP contribution in [0.15, 0.2) is 30.6 Å². The summed E-state index contributed by atoms with van der Waals surface area (Å²) < 4.78 is 0.728. The Kier molecular flexibility index (Phi) is 4.47. The van der Waals surface area contributed by atoms with E-state index in [0.29, 0.717) is 18.2 Å². The molecule has 0 spiro atoms. The smallest absolute Gasteiger partial charge is 0.287 e. The van der Waals surface area contributed by atoms with Crippen LogP contribution in [0, 0.1) is 50.6 Å². The summed E-state index contributed by atoms with van der Waals surface area (Å²) in [5.41, 5.74) is -6.20. The SMILES string of the molecule is O=[N+]([O-])c1cc([N+](=O)[O-])c(-n2cnc3cc([N+](=O)[O-])c([N+](=O)[O-])cc32)c([N+](=O)[O-])c1. The number of imidazole rings is 1. The lowest BCUT2D eigenvalue weighted by molar-refractivity contribution is -0.422. The van der Waals surface area contributed by atoms with E-state index in [2.05, 4.69) is 4.98 Å². The average Bonchev–Trinajstić information content (AvgIpc) is 3.08. The molecule has 1 aromatic heterocycles. The highest BCUT2D eigenvalue weighted by Gasteiger charge is 2.34. The minimum atomic E-state index is -1.11. The van der Waals surface area contributed by atoms with Crippen molar-refractivity contribution in [3.63, 3.8) is 0 Å². The molecule has 0 amide bonds. The summed E-state index contributed by atoms with van der Waals surface area (Å²) in [6, 6.07) is 2.37. The van der Waals surface area contributed by atoms with Crippen molar-refractivity contribution < 1.29 is 24.6 Å². The first kappa shape index (κ1) is 19.7. The van der Waals surface area contributed by atoms with Crippen LogP contribution in [0.3, 0.4) is 0 Å². The van der Waals surface area contributed by atoms with E-state index in [1.54, 1.807) is 0 Å². The zero-order chi connectivity index (χ0) is 22.3. The first-order valence-corrected chi connectivity index (χ1v) is 7.44. The molecule has 0 N–H and O–H groups in total. The topological polar surface area (TPSA) is 234 Å². The number of rotatable bonds is 6. The number of aromatic nitrogens is 2. The molecule has 3 aromatic rings. The van der Waals surface area contributed by atoms with Gasteiger partial charge in [-0.3, -0.25) is 55.1 Å². The number of nitro groups is 5. The van der Waals surface area contributed by atoms with Gasteiger partial charge in [-0.2, -0.15) is 0 Å². The summed E-state index contributed by atoms with van der Waals surface area (Å²) in [6.07, 6.45) is 0.819. The van der Waals surface area contributed by atoms with Crippen LogP contribution in [0.5, 0.6) is 0 Å². The molecule has 0 aliphatic carbocycles. The maximum absolute atomic E-state index is 11.5. The molecule has 0 aliphatic rings. The standard InChI is InChI=1S/C13H5N7O10/c21-16(22)6-1-11(19(27)28)13(12(2-6)20(29)30)15-5-14-7-3-9(17(23)24)10(18(25)26)4-8(7)15/h1-5H. The van der Waals surface area contributed by atoms with E-state index < -0.39 is 58.7 Å². The second-order valence-corrected chi connectivity index (χ2v) is 5.56.